The second-order valence-corrected chi connectivity index (χ2v) is 7.44. The molecule has 0 bridgehead atoms. The highest BCUT2D eigenvalue weighted by atomic mass is 32.1. The van der Waals surface area contributed by atoms with Gasteiger partial charge in [-0.2, -0.15) is 0 Å². The van der Waals surface area contributed by atoms with Gasteiger partial charge in [-0.1, -0.05) is 13.8 Å². The molecule has 1 aliphatic carbocycles. The molecule has 20 heavy (non-hydrogen) atoms. The van der Waals surface area contributed by atoms with Crippen molar-refractivity contribution in [1.82, 2.24) is 15.3 Å². The van der Waals surface area contributed by atoms with E-state index in [0.717, 1.165) is 11.4 Å². The maximum Gasteiger partial charge on any atom is 0.124 e. The van der Waals surface area contributed by atoms with Gasteiger partial charge in [0.05, 0.1) is 5.69 Å². The van der Waals surface area contributed by atoms with Crippen LogP contribution in [0.2, 0.25) is 0 Å². The third-order valence-corrected chi connectivity index (χ3v) is 5.29. The molecule has 106 valence electrons. The predicted molar refractivity (Wildman–Crippen MR) is 84.0 cm³/mol. The van der Waals surface area contributed by atoms with Gasteiger partial charge in [0.15, 0.2) is 0 Å². The highest BCUT2D eigenvalue weighted by Gasteiger charge is 2.34. The third kappa shape index (κ3) is 2.38. The zero-order valence-electron chi connectivity index (χ0n) is 12.5. The number of hydrogen-bond donors (Lipinski definition) is 1. The van der Waals surface area contributed by atoms with E-state index in [4.69, 9.17) is 4.98 Å². The van der Waals surface area contributed by atoms with E-state index in [1.165, 1.54) is 28.1 Å². The molecule has 0 spiro atoms. The molecule has 0 radical (unpaired) electrons. The largest absolute Gasteiger partial charge is 0.312 e. The lowest BCUT2D eigenvalue weighted by Crippen LogP contribution is -2.30. The van der Waals surface area contributed by atoms with Gasteiger partial charge >= 0.3 is 0 Å². The molecule has 1 unspecified atom stereocenters. The summed E-state index contributed by atoms with van der Waals surface area (Å²) < 4.78 is 0. The Hall–Kier alpha value is -1.26. The van der Waals surface area contributed by atoms with E-state index in [2.05, 4.69) is 37.1 Å². The minimum atomic E-state index is 0.319. The first-order valence-corrected chi connectivity index (χ1v) is 7.90. The van der Waals surface area contributed by atoms with Crippen LogP contribution in [0.25, 0.3) is 10.6 Å². The highest BCUT2D eigenvalue weighted by molar-refractivity contribution is 7.15. The number of pyridine rings is 1. The molecule has 0 fully saturated rings. The van der Waals surface area contributed by atoms with E-state index in [9.17, 15) is 0 Å². The normalized spacial score (nSPS) is 20.7. The van der Waals surface area contributed by atoms with Gasteiger partial charge in [0.2, 0.25) is 0 Å². The first-order chi connectivity index (χ1) is 9.50. The molecule has 0 amide bonds. The van der Waals surface area contributed by atoms with Crippen molar-refractivity contribution in [3.8, 4) is 10.6 Å². The van der Waals surface area contributed by atoms with E-state index in [0.29, 0.717) is 11.5 Å². The molecule has 2 heterocycles. The zero-order chi connectivity index (χ0) is 14.3. The summed E-state index contributed by atoms with van der Waals surface area (Å²) in [6.45, 7) is 6.76. The molecule has 2 aromatic rings. The van der Waals surface area contributed by atoms with E-state index in [-0.39, 0.29) is 0 Å². The minimum Gasteiger partial charge on any atom is -0.312 e. The summed E-state index contributed by atoms with van der Waals surface area (Å²) >= 11 is 1.83. The average Bonchev–Trinajstić information content (AvgIpc) is 2.80. The van der Waals surface area contributed by atoms with Crippen LogP contribution in [0.5, 0.6) is 0 Å². The summed E-state index contributed by atoms with van der Waals surface area (Å²) in [7, 11) is 2.05. The van der Waals surface area contributed by atoms with Gasteiger partial charge < -0.3 is 5.32 Å². The second-order valence-electron chi connectivity index (χ2n) is 6.41. The van der Waals surface area contributed by atoms with Crippen LogP contribution in [0.4, 0.5) is 0 Å². The van der Waals surface area contributed by atoms with Gasteiger partial charge in [0.1, 0.15) is 5.01 Å². The Balaban J connectivity index is 2.07. The summed E-state index contributed by atoms with van der Waals surface area (Å²) in [4.78, 5) is 10.5. The molecule has 1 aliphatic rings. The van der Waals surface area contributed by atoms with Gasteiger partial charge in [-0.15, -0.1) is 11.3 Å². The molecule has 2 aromatic heterocycles. The molecule has 3 nitrogen and oxygen atoms in total. The van der Waals surface area contributed by atoms with Crippen LogP contribution in [0.15, 0.2) is 18.5 Å². The minimum absolute atomic E-state index is 0.319. The number of aromatic nitrogens is 2. The van der Waals surface area contributed by atoms with Crippen LogP contribution in [-0.4, -0.2) is 17.0 Å². The molecule has 3 rings (SSSR count). The quantitative estimate of drug-likeness (QED) is 0.914. The molecule has 4 heteroatoms. The maximum absolute atomic E-state index is 4.93. The standard InChI is InChI=1S/C16H21N3S/c1-10-9-18-6-5-11(10)15-19-13-8-16(2,3)7-12(17-4)14(13)20-15/h5-6,9,12,17H,7-8H2,1-4H3. The number of fused-ring (bicyclic) bond motifs is 1. The lowest BCUT2D eigenvalue weighted by molar-refractivity contribution is 0.265. The molecule has 0 saturated carbocycles. The first-order valence-electron chi connectivity index (χ1n) is 7.08. The van der Waals surface area contributed by atoms with Crippen LogP contribution < -0.4 is 5.32 Å². The van der Waals surface area contributed by atoms with Crippen LogP contribution in [0.1, 0.15) is 42.4 Å². The number of rotatable bonds is 2. The molecular formula is C16H21N3S. The van der Waals surface area contributed by atoms with Crippen molar-refractivity contribution < 1.29 is 0 Å². The van der Waals surface area contributed by atoms with Crippen molar-refractivity contribution in [2.45, 2.75) is 39.7 Å². The Morgan fingerprint density at radius 1 is 1.40 bits per heavy atom. The lowest BCUT2D eigenvalue weighted by Gasteiger charge is -2.34. The summed E-state index contributed by atoms with van der Waals surface area (Å²) in [5.41, 5.74) is 4.00. The van der Waals surface area contributed by atoms with Crippen molar-refractivity contribution in [2.75, 3.05) is 7.05 Å². The van der Waals surface area contributed by atoms with Gasteiger partial charge in [0.25, 0.3) is 0 Å². The van der Waals surface area contributed by atoms with Crippen LogP contribution in [0.3, 0.4) is 0 Å². The molecule has 0 saturated heterocycles. The van der Waals surface area contributed by atoms with Crippen LogP contribution in [-0.2, 0) is 6.42 Å². The summed E-state index contributed by atoms with van der Waals surface area (Å²) in [6.07, 6.45) is 6.01. The Kier molecular flexibility index (Phi) is 3.38. The summed E-state index contributed by atoms with van der Waals surface area (Å²) in [6, 6.07) is 2.50. The molecule has 0 aromatic carbocycles. The van der Waals surface area contributed by atoms with Crippen molar-refractivity contribution in [1.29, 1.82) is 0 Å². The van der Waals surface area contributed by atoms with E-state index in [1.807, 2.05) is 30.8 Å². The first kappa shape index (κ1) is 13.7. The van der Waals surface area contributed by atoms with Gasteiger partial charge in [-0.05, 0) is 43.9 Å². The van der Waals surface area contributed by atoms with Crippen molar-refractivity contribution in [3.63, 3.8) is 0 Å². The Morgan fingerprint density at radius 3 is 2.90 bits per heavy atom. The fraction of sp³-hybridized carbons (Fsp3) is 0.500. The zero-order valence-corrected chi connectivity index (χ0v) is 13.3. The Bertz CT molecular complexity index is 630. The summed E-state index contributed by atoms with van der Waals surface area (Å²) in [5.74, 6) is 0. The molecule has 1 atom stereocenters. The van der Waals surface area contributed by atoms with Gasteiger partial charge in [-0.25, -0.2) is 4.98 Å². The monoisotopic (exact) mass is 287 g/mol. The SMILES string of the molecule is CNC1CC(C)(C)Cc2nc(-c3ccncc3C)sc21. The number of aryl methyl sites for hydroxylation is 1. The van der Waals surface area contributed by atoms with Crippen molar-refractivity contribution >= 4 is 11.3 Å². The van der Waals surface area contributed by atoms with Crippen molar-refractivity contribution in [2.24, 2.45) is 5.41 Å². The summed E-state index contributed by atoms with van der Waals surface area (Å²) in [5, 5.41) is 4.59. The Morgan fingerprint density at radius 2 is 2.20 bits per heavy atom. The fourth-order valence-electron chi connectivity index (χ4n) is 2.99. The number of nitrogens with one attached hydrogen (secondary N) is 1. The van der Waals surface area contributed by atoms with E-state index in [1.54, 1.807) is 0 Å². The second kappa shape index (κ2) is 4.93. The lowest BCUT2D eigenvalue weighted by atomic mass is 9.76. The van der Waals surface area contributed by atoms with E-state index < -0.39 is 0 Å². The average molecular weight is 287 g/mol. The number of hydrogen-bond acceptors (Lipinski definition) is 4. The van der Waals surface area contributed by atoms with Gasteiger partial charge in [-0.3, -0.25) is 4.98 Å². The Labute approximate surface area is 124 Å². The van der Waals surface area contributed by atoms with Gasteiger partial charge in [0, 0.05) is 28.9 Å². The van der Waals surface area contributed by atoms with Crippen LogP contribution in [0, 0.1) is 12.3 Å². The molecule has 0 aliphatic heterocycles. The topological polar surface area (TPSA) is 37.8 Å². The number of thiazole rings is 1. The van der Waals surface area contributed by atoms with Crippen LogP contribution >= 0.6 is 11.3 Å². The third-order valence-electron chi connectivity index (χ3n) is 4.05. The fourth-order valence-corrected chi connectivity index (χ4v) is 4.28. The van der Waals surface area contributed by atoms with Crippen molar-refractivity contribution in [3.05, 3.63) is 34.6 Å². The number of nitrogens with zero attached hydrogens (tertiary/aromatic N) is 2. The van der Waals surface area contributed by atoms with E-state index >= 15 is 0 Å². The molecule has 1 N–H and O–H groups in total. The highest BCUT2D eigenvalue weighted by Crippen LogP contribution is 2.44. The molecular weight excluding hydrogens is 266 g/mol. The predicted octanol–water partition coefficient (Wildman–Crippen LogP) is 3.75. The maximum atomic E-state index is 4.93. The smallest absolute Gasteiger partial charge is 0.124 e.